The van der Waals surface area contributed by atoms with Crippen molar-refractivity contribution < 1.29 is 27.4 Å². The van der Waals surface area contributed by atoms with Gasteiger partial charge >= 0.3 is 5.97 Å². The van der Waals surface area contributed by atoms with E-state index >= 15 is 0 Å². The third kappa shape index (κ3) is 5.72. The Bertz CT molecular complexity index is 1500. The number of ether oxygens (including phenoxy) is 1. The van der Waals surface area contributed by atoms with E-state index in [1.807, 2.05) is 24.3 Å². The minimum absolute atomic E-state index is 0.395. The van der Waals surface area contributed by atoms with Crippen LogP contribution in [0.15, 0.2) is 89.8 Å². The Kier molecular flexibility index (Phi) is 7.37. The van der Waals surface area contributed by atoms with E-state index in [0.717, 1.165) is 28.5 Å². The first kappa shape index (κ1) is 25.3. The van der Waals surface area contributed by atoms with Gasteiger partial charge in [-0.05, 0) is 63.7 Å². The van der Waals surface area contributed by atoms with Crippen LogP contribution in [0.1, 0.15) is 19.4 Å². The van der Waals surface area contributed by atoms with E-state index < -0.39 is 38.7 Å². The van der Waals surface area contributed by atoms with Crippen LogP contribution >= 0.6 is 0 Å². The SMILES string of the molecule is CC(C)[C@@H](NS(=O)(=O)c1ccc(-c2ccc(OCc3ccc4ccccc4c3)cc2)cc1F)C(=O)O. The van der Waals surface area contributed by atoms with Crippen molar-refractivity contribution in [2.75, 3.05) is 0 Å². The molecule has 186 valence electrons. The van der Waals surface area contributed by atoms with E-state index in [1.54, 1.807) is 38.1 Å². The Morgan fingerprint density at radius 3 is 2.22 bits per heavy atom. The molecule has 0 saturated heterocycles. The molecule has 0 radical (unpaired) electrons. The van der Waals surface area contributed by atoms with E-state index in [-0.39, 0.29) is 0 Å². The van der Waals surface area contributed by atoms with Crippen LogP contribution in [0.3, 0.4) is 0 Å². The van der Waals surface area contributed by atoms with E-state index in [2.05, 4.69) is 22.9 Å². The Morgan fingerprint density at radius 2 is 1.58 bits per heavy atom. The van der Waals surface area contributed by atoms with E-state index in [4.69, 9.17) is 4.74 Å². The summed E-state index contributed by atoms with van der Waals surface area (Å²) >= 11 is 0. The zero-order valence-electron chi connectivity index (χ0n) is 19.8. The maximum Gasteiger partial charge on any atom is 0.322 e. The van der Waals surface area contributed by atoms with E-state index in [0.29, 0.717) is 23.5 Å². The van der Waals surface area contributed by atoms with Gasteiger partial charge in [0.05, 0.1) is 0 Å². The maximum atomic E-state index is 14.8. The summed E-state index contributed by atoms with van der Waals surface area (Å²) in [7, 11) is -4.36. The van der Waals surface area contributed by atoms with Crippen LogP contribution in [0.2, 0.25) is 0 Å². The molecule has 8 heteroatoms. The van der Waals surface area contributed by atoms with Gasteiger partial charge in [-0.2, -0.15) is 4.72 Å². The predicted molar refractivity (Wildman–Crippen MR) is 137 cm³/mol. The number of carboxylic acids is 1. The summed E-state index contributed by atoms with van der Waals surface area (Å²) < 4.78 is 47.9. The normalized spacial score (nSPS) is 12.6. The molecular weight excluding hydrogens is 481 g/mol. The van der Waals surface area contributed by atoms with Crippen LogP contribution in [0, 0.1) is 11.7 Å². The Balaban J connectivity index is 1.46. The summed E-state index contributed by atoms with van der Waals surface area (Å²) in [5.41, 5.74) is 2.19. The first-order chi connectivity index (χ1) is 17.1. The highest BCUT2D eigenvalue weighted by Gasteiger charge is 2.29. The van der Waals surface area contributed by atoms with Gasteiger partial charge in [0.25, 0.3) is 0 Å². The standard InChI is InChI=1S/C28H26FNO5S/c1-18(2)27(28(31)32)30-36(33,34)26-14-11-23(16-25(26)29)21-9-12-24(13-10-21)35-17-19-7-8-20-5-3-4-6-22(20)15-19/h3-16,18,27,30H,17H2,1-2H3,(H,31,32)/t27-/m1/s1. The molecule has 0 amide bonds. The lowest BCUT2D eigenvalue weighted by Gasteiger charge is -2.18. The Labute approximate surface area is 209 Å². The highest BCUT2D eigenvalue weighted by atomic mass is 32.2. The average molecular weight is 508 g/mol. The van der Waals surface area contributed by atoms with Gasteiger partial charge < -0.3 is 9.84 Å². The second kappa shape index (κ2) is 10.5. The number of carbonyl (C=O) groups is 1. The molecule has 6 nitrogen and oxygen atoms in total. The molecule has 0 bridgehead atoms. The molecule has 0 fully saturated rings. The summed E-state index contributed by atoms with van der Waals surface area (Å²) in [6.07, 6.45) is 0. The summed E-state index contributed by atoms with van der Waals surface area (Å²) in [6, 6.07) is 23.7. The lowest BCUT2D eigenvalue weighted by atomic mass is 10.1. The molecule has 1 atom stereocenters. The van der Waals surface area contributed by atoms with Crippen molar-refractivity contribution in [3.05, 3.63) is 96.3 Å². The smallest absolute Gasteiger partial charge is 0.322 e. The van der Waals surface area contributed by atoms with E-state index in [9.17, 15) is 22.7 Å². The molecule has 0 aliphatic heterocycles. The second-order valence-corrected chi connectivity index (χ2v) is 10.5. The van der Waals surface area contributed by atoms with Gasteiger partial charge in [0.1, 0.15) is 29.1 Å². The van der Waals surface area contributed by atoms with Crippen LogP contribution in [0.4, 0.5) is 4.39 Å². The van der Waals surface area contributed by atoms with Crippen LogP contribution in [-0.2, 0) is 21.4 Å². The van der Waals surface area contributed by atoms with Crippen molar-refractivity contribution in [3.8, 4) is 16.9 Å². The number of sulfonamides is 1. The number of fused-ring (bicyclic) bond motifs is 1. The van der Waals surface area contributed by atoms with Gasteiger partial charge in [-0.25, -0.2) is 12.8 Å². The summed E-state index contributed by atoms with van der Waals surface area (Å²) in [5, 5.41) is 11.6. The van der Waals surface area contributed by atoms with Crippen LogP contribution in [0.25, 0.3) is 21.9 Å². The fraction of sp³-hybridized carbons (Fsp3) is 0.179. The molecule has 0 unspecified atom stereocenters. The maximum absolute atomic E-state index is 14.8. The van der Waals surface area contributed by atoms with Crippen LogP contribution in [0.5, 0.6) is 5.75 Å². The summed E-state index contributed by atoms with van der Waals surface area (Å²) in [4.78, 5) is 10.7. The molecular formula is C28H26FNO5S. The first-order valence-corrected chi connectivity index (χ1v) is 12.9. The van der Waals surface area contributed by atoms with Gasteiger partial charge in [-0.3, -0.25) is 4.79 Å². The van der Waals surface area contributed by atoms with Crippen molar-refractivity contribution >= 4 is 26.8 Å². The number of carboxylic acid groups (broad SMARTS) is 1. The molecule has 0 heterocycles. The van der Waals surface area contributed by atoms with Gasteiger partial charge in [0.15, 0.2) is 0 Å². The minimum atomic E-state index is -4.36. The lowest BCUT2D eigenvalue weighted by molar-refractivity contribution is -0.140. The third-order valence-electron chi connectivity index (χ3n) is 5.84. The van der Waals surface area contributed by atoms with Crippen LogP contribution < -0.4 is 9.46 Å². The van der Waals surface area contributed by atoms with Gasteiger partial charge in [-0.1, -0.05) is 68.4 Å². The van der Waals surface area contributed by atoms with Crippen molar-refractivity contribution in [2.24, 2.45) is 5.92 Å². The van der Waals surface area contributed by atoms with Crippen LogP contribution in [-0.4, -0.2) is 25.5 Å². The minimum Gasteiger partial charge on any atom is -0.489 e. The highest BCUT2D eigenvalue weighted by molar-refractivity contribution is 7.89. The van der Waals surface area contributed by atoms with Gasteiger partial charge in [0, 0.05) is 0 Å². The zero-order valence-corrected chi connectivity index (χ0v) is 20.6. The molecule has 2 N–H and O–H groups in total. The Morgan fingerprint density at radius 1 is 0.917 bits per heavy atom. The number of rotatable bonds is 9. The molecule has 0 aliphatic carbocycles. The monoisotopic (exact) mass is 507 g/mol. The fourth-order valence-corrected chi connectivity index (χ4v) is 5.24. The van der Waals surface area contributed by atoms with E-state index in [1.165, 1.54) is 6.07 Å². The number of aliphatic carboxylic acids is 1. The molecule has 4 rings (SSSR count). The topological polar surface area (TPSA) is 92.7 Å². The Hall–Kier alpha value is -3.75. The van der Waals surface area contributed by atoms with Crippen molar-refractivity contribution in [3.63, 3.8) is 0 Å². The first-order valence-electron chi connectivity index (χ1n) is 11.4. The molecule has 0 aliphatic rings. The third-order valence-corrected chi connectivity index (χ3v) is 7.32. The molecule has 4 aromatic rings. The van der Waals surface area contributed by atoms with Gasteiger partial charge in [-0.15, -0.1) is 0 Å². The largest absolute Gasteiger partial charge is 0.489 e. The second-order valence-electron chi connectivity index (χ2n) is 8.82. The number of hydrogen-bond donors (Lipinski definition) is 2. The molecule has 0 aromatic heterocycles. The number of hydrogen-bond acceptors (Lipinski definition) is 4. The number of benzene rings is 4. The molecule has 0 saturated carbocycles. The van der Waals surface area contributed by atoms with Crippen molar-refractivity contribution in [1.82, 2.24) is 4.72 Å². The zero-order chi connectivity index (χ0) is 25.9. The van der Waals surface area contributed by atoms with Gasteiger partial charge in [0.2, 0.25) is 10.0 Å². The molecule has 0 spiro atoms. The molecule has 36 heavy (non-hydrogen) atoms. The predicted octanol–water partition coefficient (Wildman–Crippen LogP) is 5.61. The summed E-state index contributed by atoms with van der Waals surface area (Å²) in [5.74, 6) is -2.16. The fourth-order valence-electron chi connectivity index (χ4n) is 3.84. The number of nitrogens with one attached hydrogen (secondary N) is 1. The lowest BCUT2D eigenvalue weighted by Crippen LogP contribution is -2.44. The van der Waals surface area contributed by atoms with Crippen molar-refractivity contribution in [2.45, 2.75) is 31.4 Å². The van der Waals surface area contributed by atoms with Crippen molar-refractivity contribution in [1.29, 1.82) is 0 Å². The molecule has 4 aromatic carbocycles. The number of halogens is 1. The quantitative estimate of drug-likeness (QED) is 0.307. The average Bonchev–Trinajstić information content (AvgIpc) is 2.85. The summed E-state index contributed by atoms with van der Waals surface area (Å²) in [6.45, 7) is 3.53. The highest BCUT2D eigenvalue weighted by Crippen LogP contribution is 2.27.